The molecule has 4 rings (SSSR count). The third kappa shape index (κ3) is 5.92. The minimum Gasteiger partial charge on any atom is -0.453 e. The maximum Gasteiger partial charge on any atom is 0.406 e. The summed E-state index contributed by atoms with van der Waals surface area (Å²) in [5.74, 6) is -0.356. The lowest BCUT2D eigenvalue weighted by molar-refractivity contribution is -0.148. The molecular formula is C24H31FN4O4S. The Morgan fingerprint density at radius 1 is 1.41 bits per heavy atom. The number of carbonyl (C=O) groups excluding carboxylic acids is 2. The average Bonchev–Trinajstić information content (AvgIpc) is 3.60. The lowest BCUT2D eigenvalue weighted by Gasteiger charge is -2.33. The SMILES string of the molecule is COC(=O)NCCCc1cc([C@@H](C)N(C(=O)[C@H]2CNCCO2)C2CC2)sc1-c1ccc(F)cn1. The number of carbonyl (C=O) groups is 2. The van der Waals surface area contributed by atoms with Gasteiger partial charge in [-0.2, -0.15) is 0 Å². The quantitative estimate of drug-likeness (QED) is 0.524. The van der Waals surface area contributed by atoms with Gasteiger partial charge in [0.1, 0.15) is 11.9 Å². The molecule has 1 aliphatic heterocycles. The van der Waals surface area contributed by atoms with Crippen molar-refractivity contribution in [2.24, 2.45) is 0 Å². The summed E-state index contributed by atoms with van der Waals surface area (Å²) in [7, 11) is 1.33. The molecule has 2 aromatic heterocycles. The van der Waals surface area contributed by atoms with Crippen LogP contribution in [0.15, 0.2) is 24.4 Å². The van der Waals surface area contributed by atoms with Crippen molar-refractivity contribution < 1.29 is 23.5 Å². The molecule has 2 aliphatic rings. The van der Waals surface area contributed by atoms with Crippen LogP contribution in [0.4, 0.5) is 9.18 Å². The summed E-state index contributed by atoms with van der Waals surface area (Å²) < 4.78 is 23.9. The zero-order valence-electron chi connectivity index (χ0n) is 19.5. The summed E-state index contributed by atoms with van der Waals surface area (Å²) in [6, 6.07) is 5.32. The van der Waals surface area contributed by atoms with E-state index in [1.54, 1.807) is 17.4 Å². The van der Waals surface area contributed by atoms with E-state index >= 15 is 0 Å². The van der Waals surface area contributed by atoms with Crippen molar-refractivity contribution in [1.82, 2.24) is 20.5 Å². The maximum atomic E-state index is 13.5. The Labute approximate surface area is 202 Å². The molecule has 1 saturated carbocycles. The topological polar surface area (TPSA) is 92.8 Å². The summed E-state index contributed by atoms with van der Waals surface area (Å²) in [6.45, 7) is 4.36. The van der Waals surface area contributed by atoms with E-state index in [9.17, 15) is 14.0 Å². The van der Waals surface area contributed by atoms with Crippen LogP contribution in [-0.4, -0.2) is 67.4 Å². The second-order valence-electron chi connectivity index (χ2n) is 8.60. The number of methoxy groups -OCH3 is 1. The lowest BCUT2D eigenvalue weighted by atomic mass is 10.1. The number of amides is 2. The van der Waals surface area contributed by atoms with E-state index in [1.807, 2.05) is 4.90 Å². The molecule has 1 aliphatic carbocycles. The van der Waals surface area contributed by atoms with Crippen LogP contribution in [0, 0.1) is 5.82 Å². The van der Waals surface area contributed by atoms with Crippen LogP contribution in [0.1, 0.15) is 42.7 Å². The van der Waals surface area contributed by atoms with Gasteiger partial charge in [-0.05, 0) is 56.4 Å². The molecule has 10 heteroatoms. The van der Waals surface area contributed by atoms with Crippen LogP contribution >= 0.6 is 11.3 Å². The first-order chi connectivity index (χ1) is 16.5. The zero-order chi connectivity index (χ0) is 24.1. The van der Waals surface area contributed by atoms with Crippen molar-refractivity contribution in [3.05, 3.63) is 40.7 Å². The molecule has 8 nitrogen and oxygen atoms in total. The first-order valence-corrected chi connectivity index (χ1v) is 12.5. The number of aromatic nitrogens is 1. The lowest BCUT2D eigenvalue weighted by Crippen LogP contribution is -2.50. The van der Waals surface area contributed by atoms with Crippen molar-refractivity contribution in [2.45, 2.75) is 50.8 Å². The molecule has 2 amide bonds. The number of morpholine rings is 1. The van der Waals surface area contributed by atoms with Gasteiger partial charge in [0.15, 0.2) is 0 Å². The van der Waals surface area contributed by atoms with Crippen LogP contribution in [0.2, 0.25) is 0 Å². The highest BCUT2D eigenvalue weighted by Gasteiger charge is 2.40. The monoisotopic (exact) mass is 490 g/mol. The molecule has 1 saturated heterocycles. The van der Waals surface area contributed by atoms with Gasteiger partial charge in [-0.1, -0.05) is 0 Å². The molecule has 0 bridgehead atoms. The first kappa shape index (κ1) is 24.6. The number of alkyl carbamates (subject to hydrolysis) is 1. The van der Waals surface area contributed by atoms with E-state index in [-0.39, 0.29) is 23.8 Å². The Kier molecular flexibility index (Phi) is 8.12. The summed E-state index contributed by atoms with van der Waals surface area (Å²) in [5, 5.41) is 5.94. The van der Waals surface area contributed by atoms with Gasteiger partial charge in [-0.25, -0.2) is 9.18 Å². The van der Waals surface area contributed by atoms with Gasteiger partial charge in [0, 0.05) is 30.6 Å². The molecule has 0 unspecified atom stereocenters. The van der Waals surface area contributed by atoms with E-state index in [2.05, 4.69) is 33.3 Å². The Bertz CT molecular complexity index is 989. The minimum absolute atomic E-state index is 0.0286. The molecule has 2 fully saturated rings. The molecule has 0 aromatic carbocycles. The van der Waals surface area contributed by atoms with Gasteiger partial charge >= 0.3 is 6.09 Å². The Hall–Kier alpha value is -2.56. The first-order valence-electron chi connectivity index (χ1n) is 11.7. The number of thiophene rings is 1. The fourth-order valence-electron chi connectivity index (χ4n) is 4.18. The Morgan fingerprint density at radius 2 is 2.24 bits per heavy atom. The summed E-state index contributed by atoms with van der Waals surface area (Å²) >= 11 is 1.59. The van der Waals surface area contributed by atoms with Gasteiger partial charge in [0.05, 0.1) is 36.5 Å². The largest absolute Gasteiger partial charge is 0.453 e. The highest BCUT2D eigenvalue weighted by Crippen LogP contribution is 2.41. The van der Waals surface area contributed by atoms with Crippen LogP contribution in [0.25, 0.3) is 10.6 Å². The number of halogens is 1. The van der Waals surface area contributed by atoms with E-state index in [1.165, 1.54) is 19.4 Å². The van der Waals surface area contributed by atoms with E-state index in [0.717, 1.165) is 34.7 Å². The highest BCUT2D eigenvalue weighted by atomic mass is 32.1. The van der Waals surface area contributed by atoms with Crippen LogP contribution in [-0.2, 0) is 20.7 Å². The minimum atomic E-state index is -0.460. The van der Waals surface area contributed by atoms with Crippen LogP contribution in [0.3, 0.4) is 0 Å². The van der Waals surface area contributed by atoms with E-state index in [0.29, 0.717) is 38.2 Å². The Morgan fingerprint density at radius 3 is 2.88 bits per heavy atom. The van der Waals surface area contributed by atoms with Gasteiger partial charge in [0.25, 0.3) is 5.91 Å². The second kappa shape index (κ2) is 11.2. The zero-order valence-corrected chi connectivity index (χ0v) is 20.3. The second-order valence-corrected chi connectivity index (χ2v) is 9.69. The predicted molar refractivity (Wildman–Crippen MR) is 127 cm³/mol. The number of hydrogen-bond acceptors (Lipinski definition) is 7. The fourth-order valence-corrected chi connectivity index (χ4v) is 5.42. The van der Waals surface area contributed by atoms with Crippen LogP contribution < -0.4 is 10.6 Å². The molecule has 2 aromatic rings. The standard InChI is InChI=1S/C24H31FN4O4S/c1-15(29(18-6-7-18)23(30)20-14-26-10-11-33-20)21-12-16(4-3-9-27-24(31)32-2)22(34-21)19-8-5-17(25)13-28-19/h5,8,12-13,15,18,20,26H,3-4,6-7,9-11,14H2,1-2H3,(H,27,31)/t15-,20-/m1/s1. The third-order valence-electron chi connectivity index (χ3n) is 6.09. The Balaban J connectivity index is 1.56. The molecule has 184 valence electrons. The third-order valence-corrected chi connectivity index (χ3v) is 7.46. The maximum absolute atomic E-state index is 13.5. The number of ether oxygens (including phenoxy) is 2. The summed E-state index contributed by atoms with van der Waals surface area (Å²) in [5.41, 5.74) is 1.77. The average molecular weight is 491 g/mol. The van der Waals surface area contributed by atoms with Gasteiger partial charge in [0.2, 0.25) is 0 Å². The molecule has 3 heterocycles. The molecule has 2 atom stereocenters. The normalized spacial score (nSPS) is 18.9. The molecule has 34 heavy (non-hydrogen) atoms. The smallest absolute Gasteiger partial charge is 0.406 e. The van der Waals surface area contributed by atoms with Crippen molar-refractivity contribution in [3.63, 3.8) is 0 Å². The highest BCUT2D eigenvalue weighted by molar-refractivity contribution is 7.15. The summed E-state index contributed by atoms with van der Waals surface area (Å²) in [6.07, 6.45) is 3.71. The van der Waals surface area contributed by atoms with E-state index in [4.69, 9.17) is 4.74 Å². The van der Waals surface area contributed by atoms with Crippen molar-refractivity contribution in [3.8, 4) is 10.6 Å². The number of nitrogens with zero attached hydrogens (tertiary/aromatic N) is 2. The predicted octanol–water partition coefficient (Wildman–Crippen LogP) is 3.28. The molecule has 0 spiro atoms. The molecular weight excluding hydrogens is 459 g/mol. The summed E-state index contributed by atoms with van der Waals surface area (Å²) in [4.78, 5) is 33.0. The number of hydrogen-bond donors (Lipinski definition) is 2. The molecule has 0 radical (unpaired) electrons. The number of rotatable bonds is 9. The van der Waals surface area contributed by atoms with Crippen molar-refractivity contribution in [1.29, 1.82) is 0 Å². The van der Waals surface area contributed by atoms with Crippen molar-refractivity contribution in [2.75, 3.05) is 33.4 Å². The van der Waals surface area contributed by atoms with Gasteiger partial charge in [-0.3, -0.25) is 9.78 Å². The number of pyridine rings is 1. The number of aryl methyl sites for hydroxylation is 1. The number of nitrogens with one attached hydrogen (secondary N) is 2. The fraction of sp³-hybridized carbons (Fsp3) is 0.542. The van der Waals surface area contributed by atoms with Gasteiger partial charge in [-0.15, -0.1) is 11.3 Å². The van der Waals surface area contributed by atoms with E-state index < -0.39 is 12.2 Å². The molecule has 2 N–H and O–H groups in total. The van der Waals surface area contributed by atoms with Gasteiger partial charge < -0.3 is 25.0 Å². The van der Waals surface area contributed by atoms with Crippen molar-refractivity contribution >= 4 is 23.3 Å². The van der Waals surface area contributed by atoms with Crippen LogP contribution in [0.5, 0.6) is 0 Å².